The van der Waals surface area contributed by atoms with Crippen LogP contribution in [0.2, 0.25) is 0 Å². The standard InChI is InChI=1S/C30H46N6O4/c1-23-19-29(3,4)31-16-18-34(22-26-9-13-28(14-10-26)36(39)40)24(2)20-30(5,6)32-15-17-33(23)21-25-7-11-27(12-8-25)35(37)38/h7-14,23-24,31-32H,15-22H2,1-6H3/t23-,24+. The van der Waals surface area contributed by atoms with Crippen LogP contribution in [-0.4, -0.2) is 69.0 Å². The maximum atomic E-state index is 11.1. The highest BCUT2D eigenvalue weighted by Gasteiger charge is 2.28. The van der Waals surface area contributed by atoms with Gasteiger partial charge in [-0.1, -0.05) is 24.3 Å². The largest absolute Gasteiger partial charge is 0.310 e. The predicted molar refractivity (Wildman–Crippen MR) is 159 cm³/mol. The zero-order valence-electron chi connectivity index (χ0n) is 24.9. The normalized spacial score (nSPS) is 23.2. The van der Waals surface area contributed by atoms with Gasteiger partial charge in [-0.15, -0.1) is 0 Å². The lowest BCUT2D eigenvalue weighted by molar-refractivity contribution is -0.385. The van der Waals surface area contributed by atoms with Crippen LogP contribution in [0.1, 0.15) is 65.5 Å². The second kappa shape index (κ2) is 13.6. The number of nitrogens with zero attached hydrogens (tertiary/aromatic N) is 4. The summed E-state index contributed by atoms with van der Waals surface area (Å²) in [5, 5.41) is 29.7. The van der Waals surface area contributed by atoms with Crippen LogP contribution in [0.4, 0.5) is 11.4 Å². The Labute approximate surface area is 238 Å². The second-order valence-electron chi connectivity index (χ2n) is 12.5. The van der Waals surface area contributed by atoms with Crippen molar-refractivity contribution in [3.8, 4) is 0 Å². The Kier molecular flexibility index (Phi) is 10.8. The van der Waals surface area contributed by atoms with Crippen molar-refractivity contribution in [2.75, 3.05) is 26.2 Å². The average molecular weight is 555 g/mol. The van der Waals surface area contributed by atoms with Crippen LogP contribution in [0.5, 0.6) is 0 Å². The third kappa shape index (κ3) is 9.62. The monoisotopic (exact) mass is 554 g/mol. The van der Waals surface area contributed by atoms with E-state index in [1.54, 1.807) is 24.3 Å². The Balaban J connectivity index is 1.74. The SMILES string of the molecule is C[C@@H]1CC(C)(C)NCCN(Cc2ccc([N+](=O)[O-])cc2)[C@@H](C)CC(C)(C)NCCN1Cc1ccc([N+](=O)[O-])cc1. The molecule has 10 nitrogen and oxygen atoms in total. The van der Waals surface area contributed by atoms with Crippen LogP contribution in [0, 0.1) is 20.2 Å². The second-order valence-corrected chi connectivity index (χ2v) is 12.5. The van der Waals surface area contributed by atoms with Crippen LogP contribution in [0.15, 0.2) is 48.5 Å². The number of benzene rings is 2. The van der Waals surface area contributed by atoms with Crippen molar-refractivity contribution in [3.05, 3.63) is 79.9 Å². The van der Waals surface area contributed by atoms with Gasteiger partial charge in [-0.25, -0.2) is 0 Å². The van der Waals surface area contributed by atoms with Crippen LogP contribution in [0.25, 0.3) is 0 Å². The molecule has 1 heterocycles. The van der Waals surface area contributed by atoms with Gasteiger partial charge in [-0.2, -0.15) is 0 Å². The van der Waals surface area contributed by atoms with Crippen LogP contribution in [0.3, 0.4) is 0 Å². The van der Waals surface area contributed by atoms with E-state index in [2.05, 4.69) is 62.0 Å². The number of non-ortho nitro benzene ring substituents is 2. The highest BCUT2D eigenvalue weighted by atomic mass is 16.6. The predicted octanol–water partition coefficient (Wildman–Crippen LogP) is 5.11. The Hall–Kier alpha value is -2.92. The van der Waals surface area contributed by atoms with Gasteiger partial charge in [0.2, 0.25) is 0 Å². The summed E-state index contributed by atoms with van der Waals surface area (Å²) < 4.78 is 0. The molecule has 0 aromatic heterocycles. The topological polar surface area (TPSA) is 117 Å². The first-order valence-corrected chi connectivity index (χ1v) is 14.2. The molecule has 2 aromatic carbocycles. The van der Waals surface area contributed by atoms with Crippen LogP contribution >= 0.6 is 0 Å². The van der Waals surface area contributed by atoms with Gasteiger partial charge >= 0.3 is 0 Å². The van der Waals surface area contributed by atoms with E-state index in [0.29, 0.717) is 12.1 Å². The number of hydrogen-bond donors (Lipinski definition) is 2. The van der Waals surface area contributed by atoms with Crippen molar-refractivity contribution < 1.29 is 9.85 Å². The first-order chi connectivity index (χ1) is 18.7. The summed E-state index contributed by atoms with van der Waals surface area (Å²) in [5.41, 5.74) is 2.18. The summed E-state index contributed by atoms with van der Waals surface area (Å²) in [6, 6.07) is 14.4. The molecule has 1 aliphatic rings. The molecule has 0 unspecified atom stereocenters. The smallest absolute Gasteiger partial charge is 0.269 e. The van der Waals surface area contributed by atoms with Gasteiger partial charge in [-0.05, 0) is 65.5 Å². The number of nitrogens with one attached hydrogen (secondary N) is 2. The Morgan fingerprint density at radius 3 is 1.32 bits per heavy atom. The summed E-state index contributed by atoms with van der Waals surface area (Å²) in [5.74, 6) is 0. The van der Waals surface area contributed by atoms with E-state index < -0.39 is 0 Å². The molecule has 0 radical (unpaired) electrons. The van der Waals surface area contributed by atoms with Crippen LogP contribution < -0.4 is 10.6 Å². The summed E-state index contributed by atoms with van der Waals surface area (Å²) in [6.07, 6.45) is 1.89. The first-order valence-electron chi connectivity index (χ1n) is 14.2. The van der Waals surface area contributed by atoms with Gasteiger partial charge in [-0.3, -0.25) is 30.0 Å². The van der Waals surface area contributed by atoms with Gasteiger partial charge in [0.15, 0.2) is 0 Å². The summed E-state index contributed by atoms with van der Waals surface area (Å²) in [6.45, 7) is 18.3. The van der Waals surface area contributed by atoms with Crippen molar-refractivity contribution in [1.29, 1.82) is 0 Å². The molecule has 0 aliphatic carbocycles. The average Bonchev–Trinajstić information content (AvgIpc) is 2.86. The number of rotatable bonds is 6. The van der Waals surface area contributed by atoms with E-state index >= 15 is 0 Å². The molecule has 2 atom stereocenters. The molecule has 2 aromatic rings. The van der Waals surface area contributed by atoms with E-state index in [-0.39, 0.29) is 32.3 Å². The van der Waals surface area contributed by atoms with Gasteiger partial charge in [0, 0.05) is 86.7 Å². The molecule has 0 bridgehead atoms. The number of nitro groups is 2. The summed E-state index contributed by atoms with van der Waals surface area (Å²) in [4.78, 5) is 26.4. The van der Waals surface area contributed by atoms with E-state index in [1.165, 1.54) is 0 Å². The van der Waals surface area contributed by atoms with E-state index in [4.69, 9.17) is 0 Å². The van der Waals surface area contributed by atoms with Gasteiger partial charge < -0.3 is 10.6 Å². The molecule has 2 N–H and O–H groups in total. The molecular weight excluding hydrogens is 508 g/mol. The van der Waals surface area contributed by atoms with E-state index in [1.807, 2.05) is 24.3 Å². The lowest BCUT2D eigenvalue weighted by Gasteiger charge is -2.40. The van der Waals surface area contributed by atoms with Gasteiger partial charge in [0.25, 0.3) is 11.4 Å². The molecule has 0 amide bonds. The minimum atomic E-state index is -0.359. The fraction of sp³-hybridized carbons (Fsp3) is 0.600. The van der Waals surface area contributed by atoms with E-state index in [9.17, 15) is 20.2 Å². The molecule has 40 heavy (non-hydrogen) atoms. The fourth-order valence-electron chi connectivity index (χ4n) is 5.78. The van der Waals surface area contributed by atoms with Gasteiger partial charge in [0.05, 0.1) is 9.85 Å². The molecule has 1 fully saturated rings. The first kappa shape index (κ1) is 31.6. The number of hydrogen-bond acceptors (Lipinski definition) is 8. The molecule has 0 spiro atoms. The van der Waals surface area contributed by atoms with E-state index in [0.717, 1.165) is 63.2 Å². The molecule has 3 rings (SSSR count). The summed E-state index contributed by atoms with van der Waals surface area (Å²) in [7, 11) is 0. The van der Waals surface area contributed by atoms with Crippen molar-refractivity contribution in [2.24, 2.45) is 0 Å². The highest BCUT2D eigenvalue weighted by Crippen LogP contribution is 2.23. The zero-order chi connectivity index (χ0) is 29.5. The van der Waals surface area contributed by atoms with Crippen molar-refractivity contribution in [2.45, 2.75) is 90.6 Å². The van der Waals surface area contributed by atoms with Crippen molar-refractivity contribution in [3.63, 3.8) is 0 Å². The maximum Gasteiger partial charge on any atom is 0.269 e. The molecular formula is C30H46N6O4. The third-order valence-corrected chi connectivity index (χ3v) is 7.93. The fourth-order valence-corrected chi connectivity index (χ4v) is 5.78. The lowest BCUT2D eigenvalue weighted by Crippen LogP contribution is -2.53. The zero-order valence-corrected chi connectivity index (χ0v) is 24.9. The van der Waals surface area contributed by atoms with Gasteiger partial charge in [0.1, 0.15) is 0 Å². The molecule has 220 valence electrons. The molecule has 1 saturated heterocycles. The Morgan fingerprint density at radius 1 is 0.700 bits per heavy atom. The summed E-state index contributed by atoms with van der Waals surface area (Å²) >= 11 is 0. The maximum absolute atomic E-state index is 11.1. The minimum Gasteiger partial charge on any atom is -0.310 e. The van der Waals surface area contributed by atoms with Crippen molar-refractivity contribution >= 4 is 11.4 Å². The number of nitro benzene ring substituents is 2. The molecule has 10 heteroatoms. The molecule has 0 saturated carbocycles. The van der Waals surface area contributed by atoms with Crippen LogP contribution in [-0.2, 0) is 13.1 Å². The third-order valence-electron chi connectivity index (χ3n) is 7.93. The Morgan fingerprint density at radius 2 is 1.02 bits per heavy atom. The Bertz CT molecular complexity index is 1030. The minimum absolute atomic E-state index is 0.0910. The van der Waals surface area contributed by atoms with Crippen molar-refractivity contribution in [1.82, 2.24) is 20.4 Å². The molecule has 1 aliphatic heterocycles. The quantitative estimate of drug-likeness (QED) is 0.374. The lowest BCUT2D eigenvalue weighted by atomic mass is 9.93. The highest BCUT2D eigenvalue weighted by molar-refractivity contribution is 5.33.